The monoisotopic (exact) mass is 419 g/mol. The zero-order valence-corrected chi connectivity index (χ0v) is 17.7. The fourth-order valence-electron chi connectivity index (χ4n) is 4.28. The maximum Gasteiger partial charge on any atom is 0.263 e. The minimum Gasteiger partial charge on any atom is -0.354 e. The zero-order valence-electron chi connectivity index (χ0n) is 17.7. The molecule has 2 aromatic heterocycles. The number of carbonyl (C=O) groups excluding carboxylic acids is 1. The van der Waals surface area contributed by atoms with Crippen molar-refractivity contribution in [2.75, 3.05) is 34.8 Å². The van der Waals surface area contributed by atoms with Crippen molar-refractivity contribution in [1.29, 1.82) is 0 Å². The first-order valence-electron chi connectivity index (χ1n) is 10.8. The van der Waals surface area contributed by atoms with Crippen LogP contribution >= 0.6 is 0 Å². The van der Waals surface area contributed by atoms with Gasteiger partial charge >= 0.3 is 0 Å². The Morgan fingerprint density at radius 2 is 2.16 bits per heavy atom. The highest BCUT2D eigenvalue weighted by Crippen LogP contribution is 2.34. The van der Waals surface area contributed by atoms with Gasteiger partial charge in [-0.3, -0.25) is 4.79 Å². The third-order valence-corrected chi connectivity index (χ3v) is 5.81. The van der Waals surface area contributed by atoms with Crippen molar-refractivity contribution in [2.24, 2.45) is 0 Å². The number of hydrogen-bond donors (Lipinski definition) is 1. The highest BCUT2D eigenvalue weighted by Gasteiger charge is 2.37. The van der Waals surface area contributed by atoms with Crippen LogP contribution in [0.5, 0.6) is 0 Å². The van der Waals surface area contributed by atoms with Crippen molar-refractivity contribution in [2.45, 2.75) is 39.2 Å². The summed E-state index contributed by atoms with van der Waals surface area (Å²) in [6, 6.07) is 7.96. The number of hydrogen-bond acceptors (Lipinski definition) is 8. The van der Waals surface area contributed by atoms with Gasteiger partial charge in [0, 0.05) is 49.5 Å². The van der Waals surface area contributed by atoms with Gasteiger partial charge in [-0.2, -0.15) is 9.97 Å². The third-order valence-electron chi connectivity index (χ3n) is 5.81. The molecular formula is C22H25N7O2. The van der Waals surface area contributed by atoms with E-state index in [2.05, 4.69) is 30.3 Å². The summed E-state index contributed by atoms with van der Waals surface area (Å²) in [5.41, 5.74) is 2.16. The van der Waals surface area contributed by atoms with Crippen LogP contribution in [0.4, 0.5) is 17.5 Å². The molecule has 9 nitrogen and oxygen atoms in total. The van der Waals surface area contributed by atoms with Crippen LogP contribution in [-0.4, -0.2) is 51.7 Å². The fraction of sp³-hybridized carbons (Fsp3) is 0.409. The molecule has 2 aliphatic rings. The van der Waals surface area contributed by atoms with Crippen LogP contribution in [0.15, 0.2) is 35.0 Å². The van der Waals surface area contributed by atoms with Crippen LogP contribution in [0, 0.1) is 0 Å². The summed E-state index contributed by atoms with van der Waals surface area (Å²) in [7, 11) is 0. The molecule has 2 aliphatic heterocycles. The third kappa shape index (κ3) is 3.49. The van der Waals surface area contributed by atoms with Crippen molar-refractivity contribution in [1.82, 2.24) is 20.1 Å². The minimum atomic E-state index is -0.0908. The first-order valence-corrected chi connectivity index (χ1v) is 10.8. The van der Waals surface area contributed by atoms with Crippen molar-refractivity contribution in [3.63, 3.8) is 0 Å². The van der Waals surface area contributed by atoms with Crippen molar-refractivity contribution < 1.29 is 9.32 Å². The van der Waals surface area contributed by atoms with Crippen molar-refractivity contribution >= 4 is 23.4 Å². The number of anilines is 3. The van der Waals surface area contributed by atoms with E-state index in [9.17, 15) is 4.79 Å². The molecule has 31 heavy (non-hydrogen) atoms. The lowest BCUT2D eigenvalue weighted by molar-refractivity contribution is 0.0988. The summed E-state index contributed by atoms with van der Waals surface area (Å²) >= 11 is 0. The average molecular weight is 419 g/mol. The van der Waals surface area contributed by atoms with Gasteiger partial charge in [0.2, 0.25) is 17.7 Å². The van der Waals surface area contributed by atoms with Crippen molar-refractivity contribution in [3.05, 3.63) is 41.9 Å². The molecule has 9 heteroatoms. The summed E-state index contributed by atoms with van der Waals surface area (Å²) in [5, 5.41) is 7.22. The molecule has 0 spiro atoms. The van der Waals surface area contributed by atoms with Crippen molar-refractivity contribution in [3.8, 4) is 11.4 Å². The van der Waals surface area contributed by atoms with E-state index in [-0.39, 0.29) is 11.9 Å². The van der Waals surface area contributed by atoms with E-state index < -0.39 is 0 Å². The lowest BCUT2D eigenvalue weighted by atomic mass is 10.1. The van der Waals surface area contributed by atoms with Gasteiger partial charge in [0.15, 0.2) is 0 Å². The van der Waals surface area contributed by atoms with Gasteiger partial charge in [-0.25, -0.2) is 4.98 Å². The Morgan fingerprint density at radius 3 is 2.97 bits per heavy atom. The Hall–Kier alpha value is -3.49. The van der Waals surface area contributed by atoms with E-state index >= 15 is 0 Å². The molecule has 1 fully saturated rings. The second kappa shape index (κ2) is 7.98. The number of nitrogens with zero attached hydrogens (tertiary/aromatic N) is 6. The smallest absolute Gasteiger partial charge is 0.263 e. The second-order valence-electron chi connectivity index (χ2n) is 7.78. The molecule has 0 bridgehead atoms. The molecule has 3 aromatic rings. The summed E-state index contributed by atoms with van der Waals surface area (Å²) in [6.07, 6.45) is 4.43. The van der Waals surface area contributed by atoms with Crippen LogP contribution < -0.4 is 15.1 Å². The van der Waals surface area contributed by atoms with E-state index in [0.29, 0.717) is 36.2 Å². The van der Waals surface area contributed by atoms with E-state index in [0.717, 1.165) is 43.0 Å². The number of nitrogens with one attached hydrogen (secondary N) is 1. The molecule has 1 amide bonds. The summed E-state index contributed by atoms with van der Waals surface area (Å²) < 4.78 is 5.26. The Balaban J connectivity index is 1.54. The Morgan fingerprint density at radius 1 is 1.26 bits per heavy atom. The lowest BCUT2D eigenvalue weighted by Gasteiger charge is -2.27. The molecule has 1 unspecified atom stereocenters. The molecule has 1 atom stereocenters. The summed E-state index contributed by atoms with van der Waals surface area (Å²) in [4.78, 5) is 31.1. The van der Waals surface area contributed by atoms with E-state index in [1.807, 2.05) is 43.0 Å². The first-order chi connectivity index (χ1) is 15.2. The molecule has 0 saturated carbocycles. The van der Waals surface area contributed by atoms with E-state index in [4.69, 9.17) is 4.52 Å². The van der Waals surface area contributed by atoms with Crippen LogP contribution in [0.2, 0.25) is 0 Å². The van der Waals surface area contributed by atoms with Crippen LogP contribution in [-0.2, 0) is 6.42 Å². The fourth-order valence-corrected chi connectivity index (χ4v) is 4.28. The molecule has 160 valence electrons. The van der Waals surface area contributed by atoms with Gasteiger partial charge < -0.3 is 19.6 Å². The molecule has 1 aromatic carbocycles. The highest BCUT2D eigenvalue weighted by molar-refractivity contribution is 6.10. The Labute approximate surface area is 180 Å². The van der Waals surface area contributed by atoms with Crippen LogP contribution in [0.25, 0.3) is 11.4 Å². The minimum absolute atomic E-state index is 0.0908. The SMILES string of the molecule is CCNc1ncc2c(n1)N1CCCC1CN(c1cccc(-c3noc(CC)n3)c1)C2=O. The molecule has 0 aliphatic carbocycles. The van der Waals surface area contributed by atoms with Crippen LogP contribution in [0.1, 0.15) is 42.9 Å². The maximum atomic E-state index is 13.6. The summed E-state index contributed by atoms with van der Waals surface area (Å²) in [6.45, 7) is 6.19. The van der Waals surface area contributed by atoms with E-state index in [1.54, 1.807) is 6.20 Å². The largest absolute Gasteiger partial charge is 0.354 e. The Bertz CT molecular complexity index is 1110. The molecule has 1 saturated heterocycles. The number of aromatic nitrogens is 4. The second-order valence-corrected chi connectivity index (χ2v) is 7.78. The number of fused-ring (bicyclic) bond motifs is 3. The first kappa shape index (κ1) is 19.5. The highest BCUT2D eigenvalue weighted by atomic mass is 16.5. The zero-order chi connectivity index (χ0) is 21.4. The van der Waals surface area contributed by atoms with Gasteiger partial charge in [-0.15, -0.1) is 0 Å². The predicted molar refractivity (Wildman–Crippen MR) is 117 cm³/mol. The summed E-state index contributed by atoms with van der Waals surface area (Å²) in [5.74, 6) is 2.31. The van der Waals surface area contributed by atoms with Gasteiger partial charge in [0.25, 0.3) is 5.91 Å². The standard InChI is InChI=1S/C22H25N7O2/c1-3-18-25-19(27-31-18)14-7-5-8-15(11-14)29-13-16-9-6-10-28(16)20-17(21(29)30)12-24-22(26-20)23-4-2/h5,7-8,11-12,16H,3-4,6,9-10,13H2,1-2H3,(H,23,24,26). The van der Waals surface area contributed by atoms with E-state index in [1.165, 1.54) is 0 Å². The lowest BCUT2D eigenvalue weighted by Crippen LogP contribution is -2.39. The molecule has 0 radical (unpaired) electrons. The number of benzene rings is 1. The molecule has 5 rings (SSSR count). The maximum absolute atomic E-state index is 13.6. The quantitative estimate of drug-likeness (QED) is 0.673. The topological polar surface area (TPSA) is 100 Å². The van der Waals surface area contributed by atoms with Gasteiger partial charge in [0.05, 0.1) is 0 Å². The molecular weight excluding hydrogens is 394 g/mol. The predicted octanol–water partition coefficient (Wildman–Crippen LogP) is 3.15. The number of carbonyl (C=O) groups is 1. The van der Waals surface area contributed by atoms with Gasteiger partial charge in [-0.05, 0) is 31.9 Å². The van der Waals surface area contributed by atoms with Gasteiger partial charge in [0.1, 0.15) is 11.4 Å². The Kier molecular flexibility index (Phi) is 5.01. The van der Waals surface area contributed by atoms with Crippen LogP contribution in [0.3, 0.4) is 0 Å². The number of aryl methyl sites for hydroxylation is 1. The number of rotatable bonds is 5. The molecule has 4 heterocycles. The molecule has 1 N–H and O–H groups in total. The van der Waals surface area contributed by atoms with Gasteiger partial charge in [-0.1, -0.05) is 24.2 Å². The number of amides is 1. The normalized spacial score (nSPS) is 18.0. The average Bonchev–Trinajstić information content (AvgIpc) is 3.45.